The lowest BCUT2D eigenvalue weighted by atomic mass is 10.2. The number of rotatable bonds is 4. The van der Waals surface area contributed by atoms with Crippen LogP contribution in [0.5, 0.6) is 0 Å². The van der Waals surface area contributed by atoms with Crippen molar-refractivity contribution in [3.63, 3.8) is 0 Å². The van der Waals surface area contributed by atoms with Gasteiger partial charge in [0.15, 0.2) is 0 Å². The van der Waals surface area contributed by atoms with E-state index in [1.807, 2.05) is 11.4 Å². The fraction of sp³-hybridized carbons (Fsp3) is 0.412. The summed E-state index contributed by atoms with van der Waals surface area (Å²) in [5.41, 5.74) is -2.45. The van der Waals surface area contributed by atoms with E-state index in [1.54, 1.807) is 16.2 Å². The van der Waals surface area contributed by atoms with E-state index in [2.05, 4.69) is 11.0 Å². The smallest absolute Gasteiger partial charge is 0.339 e. The molecule has 1 amide bonds. The molecule has 0 spiro atoms. The summed E-state index contributed by atoms with van der Waals surface area (Å²) in [6.45, 7) is 2.83. The molecule has 0 saturated carbocycles. The molecule has 1 aliphatic heterocycles. The van der Waals surface area contributed by atoms with Gasteiger partial charge >= 0.3 is 6.18 Å². The summed E-state index contributed by atoms with van der Waals surface area (Å²) < 4.78 is 39.2. The summed E-state index contributed by atoms with van der Waals surface area (Å²) in [5.74, 6) is -0.345. The van der Waals surface area contributed by atoms with Gasteiger partial charge in [0.1, 0.15) is 12.1 Å². The van der Waals surface area contributed by atoms with Gasteiger partial charge in [-0.15, -0.1) is 11.3 Å². The fourth-order valence-corrected chi connectivity index (χ4v) is 3.65. The Labute approximate surface area is 152 Å². The fourth-order valence-electron chi connectivity index (χ4n) is 2.90. The van der Waals surface area contributed by atoms with Crippen molar-refractivity contribution in [1.82, 2.24) is 14.4 Å². The van der Waals surface area contributed by atoms with Crippen LogP contribution in [0.3, 0.4) is 0 Å². The molecule has 5 nitrogen and oxygen atoms in total. The van der Waals surface area contributed by atoms with Crippen molar-refractivity contribution in [3.8, 4) is 0 Å². The Morgan fingerprint density at radius 3 is 2.46 bits per heavy atom. The zero-order valence-corrected chi connectivity index (χ0v) is 14.7. The Kier molecular flexibility index (Phi) is 5.47. The van der Waals surface area contributed by atoms with Crippen LogP contribution in [0.1, 0.15) is 10.4 Å². The number of pyridine rings is 1. The highest BCUT2D eigenvalue weighted by Crippen LogP contribution is 2.26. The molecule has 0 aliphatic carbocycles. The van der Waals surface area contributed by atoms with E-state index >= 15 is 0 Å². The average Bonchev–Trinajstić information content (AvgIpc) is 3.09. The molecule has 0 unspecified atom stereocenters. The first-order valence-electron chi connectivity index (χ1n) is 8.14. The number of alkyl halides is 3. The van der Waals surface area contributed by atoms with Gasteiger partial charge in [-0.25, -0.2) is 0 Å². The van der Waals surface area contributed by atoms with Gasteiger partial charge < -0.3 is 9.47 Å². The van der Waals surface area contributed by atoms with E-state index in [-0.39, 0.29) is 12.5 Å². The highest BCUT2D eigenvalue weighted by molar-refractivity contribution is 7.09. The molecule has 1 saturated heterocycles. The molecule has 3 rings (SSSR count). The van der Waals surface area contributed by atoms with E-state index in [0.29, 0.717) is 26.2 Å². The number of thiophene rings is 1. The van der Waals surface area contributed by atoms with Crippen LogP contribution in [0.2, 0.25) is 0 Å². The zero-order valence-electron chi connectivity index (χ0n) is 13.9. The summed E-state index contributed by atoms with van der Waals surface area (Å²) in [6.07, 6.45) is -3.51. The van der Waals surface area contributed by atoms with Gasteiger partial charge in [-0.05, 0) is 23.6 Å². The monoisotopic (exact) mass is 385 g/mol. The average molecular weight is 385 g/mol. The number of halogens is 3. The molecule has 1 fully saturated rings. The predicted molar refractivity (Wildman–Crippen MR) is 91.9 cm³/mol. The number of carbonyl (C=O) groups is 1. The summed E-state index contributed by atoms with van der Waals surface area (Å²) in [4.78, 5) is 29.4. The minimum absolute atomic E-state index is 0.345. The lowest BCUT2D eigenvalue weighted by molar-refractivity contribution is -0.140. The summed E-state index contributed by atoms with van der Waals surface area (Å²) in [5, 5.41) is 2.02. The van der Waals surface area contributed by atoms with Crippen molar-refractivity contribution >= 4 is 17.2 Å². The Bertz CT molecular complexity index is 809. The van der Waals surface area contributed by atoms with Crippen LogP contribution in [0.15, 0.2) is 40.6 Å². The molecule has 9 heteroatoms. The van der Waals surface area contributed by atoms with E-state index in [1.165, 1.54) is 11.1 Å². The van der Waals surface area contributed by atoms with Gasteiger partial charge in [0.05, 0.1) is 0 Å². The quantitative estimate of drug-likeness (QED) is 0.811. The van der Waals surface area contributed by atoms with Crippen molar-refractivity contribution < 1.29 is 18.0 Å². The summed E-state index contributed by atoms with van der Waals surface area (Å²) in [6, 6.07) is 5.91. The number of hydrogen-bond acceptors (Lipinski definition) is 4. The molecule has 26 heavy (non-hydrogen) atoms. The Morgan fingerprint density at radius 1 is 1.12 bits per heavy atom. The van der Waals surface area contributed by atoms with Crippen molar-refractivity contribution in [3.05, 3.63) is 56.6 Å². The molecule has 0 N–H and O–H groups in total. The molecule has 0 radical (unpaired) electrons. The molecular formula is C17H18F3N3O2S. The van der Waals surface area contributed by atoms with Crippen LogP contribution in [-0.2, 0) is 24.1 Å². The zero-order chi connectivity index (χ0) is 18.7. The third-order valence-electron chi connectivity index (χ3n) is 4.32. The first kappa shape index (κ1) is 18.7. The normalized spacial score (nSPS) is 16.0. The minimum atomic E-state index is -4.73. The minimum Gasteiger partial charge on any atom is -0.339 e. The van der Waals surface area contributed by atoms with Crippen LogP contribution in [0.4, 0.5) is 13.2 Å². The standard InChI is InChI=1S/C17H18F3N3O2S/c18-17(19,20)14-4-1-5-23(16(14)25)12-15(24)22-8-6-21(7-9-22)11-13-3-2-10-26-13/h1-5,10H,6-9,11-12H2. The Balaban J connectivity index is 1.59. The van der Waals surface area contributed by atoms with E-state index < -0.39 is 17.3 Å². The van der Waals surface area contributed by atoms with Crippen molar-refractivity contribution in [2.24, 2.45) is 0 Å². The van der Waals surface area contributed by atoms with Crippen molar-refractivity contribution in [1.29, 1.82) is 0 Å². The number of piperazine rings is 1. The first-order valence-corrected chi connectivity index (χ1v) is 9.02. The van der Waals surface area contributed by atoms with E-state index in [9.17, 15) is 22.8 Å². The van der Waals surface area contributed by atoms with Gasteiger partial charge in [-0.1, -0.05) is 6.07 Å². The SMILES string of the molecule is O=C(Cn1cccc(C(F)(F)F)c1=O)N1CCN(Cc2cccs2)CC1. The Hall–Kier alpha value is -2.13. The first-order chi connectivity index (χ1) is 12.3. The molecule has 3 heterocycles. The van der Waals surface area contributed by atoms with Gasteiger partial charge in [0, 0.05) is 43.8 Å². The topological polar surface area (TPSA) is 45.6 Å². The van der Waals surface area contributed by atoms with Crippen molar-refractivity contribution in [2.45, 2.75) is 19.3 Å². The van der Waals surface area contributed by atoms with Gasteiger partial charge in [-0.2, -0.15) is 13.2 Å². The van der Waals surface area contributed by atoms with E-state index in [4.69, 9.17) is 0 Å². The molecule has 2 aromatic rings. The molecule has 1 aliphatic rings. The van der Waals surface area contributed by atoms with Crippen LogP contribution in [-0.4, -0.2) is 46.5 Å². The third-order valence-corrected chi connectivity index (χ3v) is 5.18. The number of hydrogen-bond donors (Lipinski definition) is 0. The van der Waals surface area contributed by atoms with Gasteiger partial charge in [0.2, 0.25) is 5.91 Å². The lowest BCUT2D eigenvalue weighted by Crippen LogP contribution is -2.49. The molecule has 140 valence electrons. The lowest BCUT2D eigenvalue weighted by Gasteiger charge is -2.34. The molecule has 2 aromatic heterocycles. The number of amides is 1. The number of nitrogens with zero attached hydrogens (tertiary/aromatic N) is 3. The van der Waals surface area contributed by atoms with Crippen molar-refractivity contribution in [2.75, 3.05) is 26.2 Å². The van der Waals surface area contributed by atoms with Crippen LogP contribution in [0.25, 0.3) is 0 Å². The molecule has 0 atom stereocenters. The van der Waals surface area contributed by atoms with Crippen LogP contribution >= 0.6 is 11.3 Å². The summed E-state index contributed by atoms with van der Waals surface area (Å²) in [7, 11) is 0. The maximum absolute atomic E-state index is 12.8. The van der Waals surface area contributed by atoms with Crippen LogP contribution in [0, 0.1) is 0 Å². The Morgan fingerprint density at radius 2 is 1.85 bits per heavy atom. The summed E-state index contributed by atoms with van der Waals surface area (Å²) >= 11 is 1.68. The predicted octanol–water partition coefficient (Wildman–Crippen LogP) is 2.27. The maximum atomic E-state index is 12.8. The van der Waals surface area contributed by atoms with Crippen LogP contribution < -0.4 is 5.56 Å². The molecule has 0 aromatic carbocycles. The second kappa shape index (κ2) is 7.63. The third kappa shape index (κ3) is 4.34. The second-order valence-electron chi connectivity index (χ2n) is 6.09. The number of carbonyl (C=O) groups excluding carboxylic acids is 1. The highest BCUT2D eigenvalue weighted by Gasteiger charge is 2.34. The largest absolute Gasteiger partial charge is 0.421 e. The van der Waals surface area contributed by atoms with Gasteiger partial charge in [0.25, 0.3) is 5.56 Å². The number of aromatic nitrogens is 1. The molecular weight excluding hydrogens is 367 g/mol. The van der Waals surface area contributed by atoms with Gasteiger partial charge in [-0.3, -0.25) is 14.5 Å². The van der Waals surface area contributed by atoms with E-state index in [0.717, 1.165) is 23.2 Å². The molecule has 0 bridgehead atoms. The highest BCUT2D eigenvalue weighted by atomic mass is 32.1. The maximum Gasteiger partial charge on any atom is 0.421 e. The second-order valence-corrected chi connectivity index (χ2v) is 7.12.